The molecule has 3 heterocycles. The van der Waals surface area contributed by atoms with Crippen molar-refractivity contribution in [1.82, 2.24) is 24.9 Å². The molecule has 7 heteroatoms. The molecule has 3 aliphatic rings. The molecule has 2 aliphatic heterocycles. The molecule has 1 unspecified atom stereocenters. The molecule has 1 aliphatic carbocycles. The fraction of sp³-hybridized carbons (Fsp3) is 0.818. The number of carbonyl (C=O) groups is 1. The molecule has 29 heavy (non-hydrogen) atoms. The van der Waals surface area contributed by atoms with E-state index < -0.39 is 0 Å². The number of rotatable bonds is 7. The number of amides is 1. The van der Waals surface area contributed by atoms with Crippen LogP contribution in [0.4, 0.5) is 0 Å². The Bertz CT molecular complexity index is 690. The van der Waals surface area contributed by atoms with Gasteiger partial charge >= 0.3 is 0 Å². The fourth-order valence-electron chi connectivity index (χ4n) is 4.85. The van der Waals surface area contributed by atoms with Gasteiger partial charge in [0.1, 0.15) is 0 Å². The van der Waals surface area contributed by atoms with Crippen LogP contribution in [0.5, 0.6) is 0 Å². The standard InChI is InChI=1S/C22H37N5O2/c1-17(2)16-27-20-6-5-18(23-7-10-25-11-13-29-14-12-25)15-19(20)21(24-27)22(28)26-8-3-4-9-26/h17-18,23H,3-16H2,1-2H3. The SMILES string of the molecule is CC(C)Cn1nc(C(=O)N2CCCC2)c2c1CCC(NCCN1CCOCC1)C2. The molecule has 1 aromatic heterocycles. The zero-order chi connectivity index (χ0) is 20.2. The van der Waals surface area contributed by atoms with Crippen LogP contribution in [-0.4, -0.2) is 84.0 Å². The van der Waals surface area contributed by atoms with E-state index in [4.69, 9.17) is 9.84 Å². The maximum atomic E-state index is 13.2. The van der Waals surface area contributed by atoms with Gasteiger partial charge in [-0.15, -0.1) is 0 Å². The van der Waals surface area contributed by atoms with Crippen molar-refractivity contribution in [2.45, 2.75) is 58.5 Å². The van der Waals surface area contributed by atoms with Gasteiger partial charge in [-0.2, -0.15) is 5.10 Å². The Hall–Kier alpha value is -1.44. The van der Waals surface area contributed by atoms with E-state index in [0.717, 1.165) is 96.8 Å². The molecule has 0 spiro atoms. The molecule has 2 fully saturated rings. The molecule has 0 radical (unpaired) electrons. The molecule has 1 aromatic rings. The van der Waals surface area contributed by atoms with E-state index in [1.807, 2.05) is 4.90 Å². The Labute approximate surface area is 174 Å². The summed E-state index contributed by atoms with van der Waals surface area (Å²) in [5, 5.41) is 8.59. The predicted octanol–water partition coefficient (Wildman–Crippen LogP) is 1.55. The normalized spacial score (nSPS) is 23.0. The van der Waals surface area contributed by atoms with Gasteiger partial charge in [0.05, 0.1) is 13.2 Å². The summed E-state index contributed by atoms with van der Waals surface area (Å²) in [5.74, 6) is 0.674. The number of nitrogens with one attached hydrogen (secondary N) is 1. The van der Waals surface area contributed by atoms with E-state index in [9.17, 15) is 4.79 Å². The summed E-state index contributed by atoms with van der Waals surface area (Å²) < 4.78 is 7.57. The quantitative estimate of drug-likeness (QED) is 0.749. The third-order valence-electron chi connectivity index (χ3n) is 6.45. The minimum Gasteiger partial charge on any atom is -0.379 e. The second-order valence-corrected chi connectivity index (χ2v) is 9.20. The Kier molecular flexibility index (Phi) is 6.88. The van der Waals surface area contributed by atoms with Gasteiger partial charge in [-0.25, -0.2) is 0 Å². The smallest absolute Gasteiger partial charge is 0.274 e. The van der Waals surface area contributed by atoms with E-state index in [1.54, 1.807) is 0 Å². The van der Waals surface area contributed by atoms with E-state index in [-0.39, 0.29) is 5.91 Å². The second kappa shape index (κ2) is 9.58. The highest BCUT2D eigenvalue weighted by molar-refractivity contribution is 5.94. The lowest BCUT2D eigenvalue weighted by Crippen LogP contribution is -2.43. The molecule has 0 saturated carbocycles. The van der Waals surface area contributed by atoms with Gasteiger partial charge in [0.2, 0.25) is 0 Å². The van der Waals surface area contributed by atoms with Crippen molar-refractivity contribution in [2.24, 2.45) is 5.92 Å². The number of carbonyl (C=O) groups excluding carboxylic acids is 1. The van der Waals surface area contributed by atoms with Crippen LogP contribution in [0.25, 0.3) is 0 Å². The third kappa shape index (κ3) is 5.01. The number of morpholine rings is 1. The Balaban J connectivity index is 1.43. The van der Waals surface area contributed by atoms with Crippen LogP contribution in [-0.2, 0) is 24.1 Å². The fourth-order valence-corrected chi connectivity index (χ4v) is 4.85. The molecule has 1 amide bonds. The highest BCUT2D eigenvalue weighted by Gasteiger charge is 2.32. The van der Waals surface area contributed by atoms with Gasteiger partial charge in [0.25, 0.3) is 5.91 Å². The summed E-state index contributed by atoms with van der Waals surface area (Å²) in [4.78, 5) is 17.6. The summed E-state index contributed by atoms with van der Waals surface area (Å²) in [7, 11) is 0. The molecule has 1 N–H and O–H groups in total. The van der Waals surface area contributed by atoms with E-state index >= 15 is 0 Å². The van der Waals surface area contributed by atoms with Gasteiger partial charge < -0.3 is 15.0 Å². The lowest BCUT2D eigenvalue weighted by molar-refractivity contribution is 0.0381. The van der Waals surface area contributed by atoms with E-state index in [1.165, 1.54) is 11.3 Å². The zero-order valence-electron chi connectivity index (χ0n) is 18.2. The first-order valence-electron chi connectivity index (χ1n) is 11.5. The van der Waals surface area contributed by atoms with Crippen molar-refractivity contribution >= 4 is 5.91 Å². The maximum absolute atomic E-state index is 13.2. The average Bonchev–Trinajstić information content (AvgIpc) is 3.37. The molecule has 0 aromatic carbocycles. The number of likely N-dealkylation sites (tertiary alicyclic amines) is 1. The molecule has 1 atom stereocenters. The number of aromatic nitrogens is 2. The van der Waals surface area contributed by atoms with Crippen molar-refractivity contribution in [3.05, 3.63) is 17.0 Å². The van der Waals surface area contributed by atoms with E-state index in [2.05, 4.69) is 28.7 Å². The summed E-state index contributed by atoms with van der Waals surface area (Å²) in [5.41, 5.74) is 3.23. The summed E-state index contributed by atoms with van der Waals surface area (Å²) in [6, 6.07) is 0.436. The minimum atomic E-state index is 0.148. The number of hydrogen-bond acceptors (Lipinski definition) is 5. The molecule has 0 bridgehead atoms. The van der Waals surface area contributed by atoms with Crippen LogP contribution in [0.3, 0.4) is 0 Å². The molecular weight excluding hydrogens is 366 g/mol. The van der Waals surface area contributed by atoms with Gasteiger partial charge in [0.15, 0.2) is 5.69 Å². The molecule has 7 nitrogen and oxygen atoms in total. The van der Waals surface area contributed by atoms with Crippen molar-refractivity contribution in [3.8, 4) is 0 Å². The first-order valence-corrected chi connectivity index (χ1v) is 11.5. The van der Waals surface area contributed by atoms with Crippen molar-refractivity contribution in [2.75, 3.05) is 52.5 Å². The van der Waals surface area contributed by atoms with Gasteiger partial charge in [-0.05, 0) is 38.0 Å². The minimum absolute atomic E-state index is 0.148. The number of fused-ring (bicyclic) bond motifs is 1. The van der Waals surface area contributed by atoms with Crippen LogP contribution < -0.4 is 5.32 Å². The third-order valence-corrected chi connectivity index (χ3v) is 6.45. The Morgan fingerprint density at radius 2 is 1.97 bits per heavy atom. The summed E-state index contributed by atoms with van der Waals surface area (Å²) in [6.45, 7) is 12.9. The highest BCUT2D eigenvalue weighted by atomic mass is 16.5. The van der Waals surface area contributed by atoms with Gasteiger partial charge in [0, 0.05) is 63.1 Å². The van der Waals surface area contributed by atoms with Gasteiger partial charge in [-0.1, -0.05) is 13.8 Å². The lowest BCUT2D eigenvalue weighted by atomic mass is 9.91. The molecule has 2 saturated heterocycles. The average molecular weight is 404 g/mol. The second-order valence-electron chi connectivity index (χ2n) is 9.20. The predicted molar refractivity (Wildman–Crippen MR) is 113 cm³/mol. The maximum Gasteiger partial charge on any atom is 0.274 e. The summed E-state index contributed by atoms with van der Waals surface area (Å²) >= 11 is 0. The monoisotopic (exact) mass is 403 g/mol. The number of hydrogen-bond donors (Lipinski definition) is 1. The van der Waals surface area contributed by atoms with Gasteiger partial charge in [-0.3, -0.25) is 14.4 Å². The van der Waals surface area contributed by atoms with Crippen LogP contribution >= 0.6 is 0 Å². The van der Waals surface area contributed by atoms with Crippen LogP contribution in [0.15, 0.2) is 0 Å². The number of nitrogens with zero attached hydrogens (tertiary/aromatic N) is 4. The van der Waals surface area contributed by atoms with Crippen LogP contribution in [0.2, 0.25) is 0 Å². The Morgan fingerprint density at radius 3 is 2.69 bits per heavy atom. The summed E-state index contributed by atoms with van der Waals surface area (Å²) in [6.07, 6.45) is 5.29. The Morgan fingerprint density at radius 1 is 1.21 bits per heavy atom. The van der Waals surface area contributed by atoms with Crippen LogP contribution in [0, 0.1) is 5.92 Å². The molecule has 162 valence electrons. The lowest BCUT2D eigenvalue weighted by Gasteiger charge is -2.29. The first kappa shape index (κ1) is 20.8. The van der Waals surface area contributed by atoms with Crippen LogP contribution in [0.1, 0.15) is 54.9 Å². The van der Waals surface area contributed by atoms with E-state index in [0.29, 0.717) is 12.0 Å². The van der Waals surface area contributed by atoms with Crippen molar-refractivity contribution < 1.29 is 9.53 Å². The molecular formula is C22H37N5O2. The van der Waals surface area contributed by atoms with Crippen molar-refractivity contribution in [1.29, 1.82) is 0 Å². The topological polar surface area (TPSA) is 62.6 Å². The zero-order valence-corrected chi connectivity index (χ0v) is 18.2. The number of ether oxygens (including phenoxy) is 1. The van der Waals surface area contributed by atoms with Crippen molar-refractivity contribution in [3.63, 3.8) is 0 Å². The molecule has 4 rings (SSSR count). The largest absolute Gasteiger partial charge is 0.379 e. The highest BCUT2D eigenvalue weighted by Crippen LogP contribution is 2.27. The first-order chi connectivity index (χ1) is 14.1.